The van der Waals surface area contributed by atoms with Crippen LogP contribution in [0.2, 0.25) is 0 Å². The quantitative estimate of drug-likeness (QED) is 0.255. The van der Waals surface area contributed by atoms with Crippen molar-refractivity contribution in [1.29, 1.82) is 0 Å². The molecule has 0 spiro atoms. The zero-order valence-electron chi connectivity index (χ0n) is 12.3. The summed E-state index contributed by atoms with van der Waals surface area (Å²) in [6, 6.07) is 21.6. The van der Waals surface area contributed by atoms with Crippen molar-refractivity contribution < 1.29 is 4.39 Å². The van der Waals surface area contributed by atoms with Crippen molar-refractivity contribution in [3.05, 3.63) is 90.0 Å². The van der Waals surface area contributed by atoms with E-state index in [0.29, 0.717) is 5.56 Å². The smallest absolute Gasteiger partial charge is 0.214 e. The van der Waals surface area contributed by atoms with Crippen LogP contribution in [-0.2, 0) is 0 Å². The van der Waals surface area contributed by atoms with Crippen molar-refractivity contribution in [3.8, 4) is 11.8 Å². The molecule has 0 aliphatic heterocycles. The van der Waals surface area contributed by atoms with E-state index >= 15 is 0 Å². The molecule has 0 N–H and O–H groups in total. The molecule has 23 heavy (non-hydrogen) atoms. The first-order valence-corrected chi connectivity index (χ1v) is 7.35. The maximum Gasteiger partial charge on any atom is 0.214 e. The second-order valence-electron chi connectivity index (χ2n) is 5.31. The summed E-state index contributed by atoms with van der Waals surface area (Å²) in [5.74, 6) is 5.77. The van der Waals surface area contributed by atoms with Gasteiger partial charge in [0, 0.05) is 23.4 Å². The van der Waals surface area contributed by atoms with Crippen LogP contribution >= 0.6 is 0 Å². The topological polar surface area (TPSA) is 12.9 Å². The fraction of sp³-hybridized carbons (Fsp3) is 0. The lowest BCUT2D eigenvalue weighted by Crippen LogP contribution is -1.86. The highest BCUT2D eigenvalue weighted by atomic mass is 19.1. The third-order valence-electron chi connectivity index (χ3n) is 3.83. The second kappa shape index (κ2) is 5.55. The third-order valence-corrected chi connectivity index (χ3v) is 3.83. The zero-order valence-corrected chi connectivity index (χ0v) is 12.3. The van der Waals surface area contributed by atoms with Crippen LogP contribution in [0.25, 0.3) is 21.5 Å². The van der Waals surface area contributed by atoms with Crippen LogP contribution in [0.5, 0.6) is 0 Å². The number of fused-ring (bicyclic) bond motifs is 2. The Morgan fingerprint density at radius 3 is 2.04 bits per heavy atom. The average Bonchev–Trinajstić information content (AvgIpc) is 2.58. The molecule has 1 aromatic heterocycles. The number of nitrogens with zero attached hydrogens (tertiary/aromatic N) is 1. The summed E-state index contributed by atoms with van der Waals surface area (Å²) in [6.45, 7) is 0. The summed E-state index contributed by atoms with van der Waals surface area (Å²) in [4.78, 5) is 3.56. The van der Waals surface area contributed by atoms with E-state index < -0.39 is 5.95 Å². The number of aromatic nitrogens is 1. The minimum Gasteiger partial charge on any atom is -0.228 e. The van der Waals surface area contributed by atoms with Gasteiger partial charge in [0.2, 0.25) is 5.95 Å². The lowest BCUT2D eigenvalue weighted by atomic mass is 9.97. The van der Waals surface area contributed by atoms with Gasteiger partial charge in [0.1, 0.15) is 0 Å². The molecule has 0 radical (unpaired) electrons. The number of pyridine rings is 1. The van der Waals surface area contributed by atoms with E-state index in [1.54, 1.807) is 6.07 Å². The lowest BCUT2D eigenvalue weighted by molar-refractivity contribution is 0.583. The number of hydrogen-bond acceptors (Lipinski definition) is 1. The molecule has 0 aliphatic rings. The second-order valence-corrected chi connectivity index (χ2v) is 5.31. The van der Waals surface area contributed by atoms with Crippen LogP contribution in [0.1, 0.15) is 11.1 Å². The minimum absolute atomic E-state index is 0.514. The van der Waals surface area contributed by atoms with E-state index in [-0.39, 0.29) is 0 Å². The van der Waals surface area contributed by atoms with Gasteiger partial charge in [0.05, 0.1) is 0 Å². The van der Waals surface area contributed by atoms with Gasteiger partial charge in [0.25, 0.3) is 0 Å². The summed E-state index contributed by atoms with van der Waals surface area (Å²) in [7, 11) is 0. The number of halogens is 1. The van der Waals surface area contributed by atoms with E-state index in [1.807, 2.05) is 24.3 Å². The lowest BCUT2D eigenvalue weighted by Gasteiger charge is -2.06. The Bertz CT molecular complexity index is 1030. The fourth-order valence-electron chi connectivity index (χ4n) is 2.76. The highest BCUT2D eigenvalue weighted by Crippen LogP contribution is 2.27. The Morgan fingerprint density at radius 1 is 0.739 bits per heavy atom. The predicted octanol–water partition coefficient (Wildman–Crippen LogP) is 4.93. The van der Waals surface area contributed by atoms with Crippen molar-refractivity contribution in [2.24, 2.45) is 0 Å². The first kappa shape index (κ1) is 13.5. The molecule has 108 valence electrons. The Hall–Kier alpha value is -3.18. The molecule has 0 saturated heterocycles. The summed E-state index contributed by atoms with van der Waals surface area (Å²) in [6.07, 6.45) is 1.43. The first-order valence-electron chi connectivity index (χ1n) is 7.35. The molecule has 0 unspecified atom stereocenters. The van der Waals surface area contributed by atoms with Crippen molar-refractivity contribution in [1.82, 2.24) is 4.98 Å². The highest BCUT2D eigenvalue weighted by molar-refractivity contribution is 6.04. The van der Waals surface area contributed by atoms with Crippen molar-refractivity contribution in [2.45, 2.75) is 0 Å². The summed E-state index contributed by atoms with van der Waals surface area (Å²) >= 11 is 0. The van der Waals surface area contributed by atoms with E-state index in [9.17, 15) is 4.39 Å². The third kappa shape index (κ3) is 2.54. The molecule has 0 amide bonds. The Labute approximate surface area is 133 Å². The van der Waals surface area contributed by atoms with Crippen LogP contribution in [-0.4, -0.2) is 4.98 Å². The molecule has 4 aromatic rings. The minimum atomic E-state index is -0.514. The standard InChI is InChI=1S/C21H12FN/c22-21-13-15(11-12-23-21)9-10-20-18-7-3-1-5-16(18)14-17-6-2-4-8-19(17)20/h1-8,11-14H. The molecular weight excluding hydrogens is 285 g/mol. The monoisotopic (exact) mass is 297 g/mol. The molecule has 0 fully saturated rings. The number of rotatable bonds is 0. The van der Waals surface area contributed by atoms with E-state index in [4.69, 9.17) is 0 Å². The summed E-state index contributed by atoms with van der Waals surface area (Å²) < 4.78 is 13.2. The van der Waals surface area contributed by atoms with Gasteiger partial charge >= 0.3 is 0 Å². The first-order chi connectivity index (χ1) is 11.3. The average molecular weight is 297 g/mol. The van der Waals surface area contributed by atoms with Gasteiger partial charge < -0.3 is 0 Å². The predicted molar refractivity (Wildman–Crippen MR) is 91.6 cm³/mol. The molecular formula is C21H12FN. The Balaban J connectivity index is 2.00. The van der Waals surface area contributed by atoms with Gasteiger partial charge in [-0.2, -0.15) is 4.39 Å². The number of benzene rings is 3. The molecule has 3 aromatic carbocycles. The maximum absolute atomic E-state index is 13.2. The largest absolute Gasteiger partial charge is 0.228 e. The van der Waals surface area contributed by atoms with E-state index in [0.717, 1.165) is 27.1 Å². The summed E-state index contributed by atoms with van der Waals surface area (Å²) in [5.41, 5.74) is 1.59. The van der Waals surface area contributed by atoms with Crippen molar-refractivity contribution in [2.75, 3.05) is 0 Å². The van der Waals surface area contributed by atoms with Crippen LogP contribution in [0.3, 0.4) is 0 Å². The van der Waals surface area contributed by atoms with Gasteiger partial charge in [-0.3, -0.25) is 0 Å². The van der Waals surface area contributed by atoms with Crippen LogP contribution in [0.15, 0.2) is 72.9 Å². The summed E-state index contributed by atoms with van der Waals surface area (Å²) in [5, 5.41) is 4.51. The molecule has 4 rings (SSSR count). The van der Waals surface area contributed by atoms with Gasteiger partial charge in [-0.05, 0) is 33.7 Å². The van der Waals surface area contributed by atoms with Gasteiger partial charge in [-0.25, -0.2) is 4.98 Å². The van der Waals surface area contributed by atoms with Crippen LogP contribution < -0.4 is 0 Å². The molecule has 0 bridgehead atoms. The zero-order chi connectivity index (χ0) is 15.6. The van der Waals surface area contributed by atoms with Crippen LogP contribution in [0, 0.1) is 17.8 Å². The molecule has 0 saturated carbocycles. The Kier molecular flexibility index (Phi) is 3.25. The van der Waals surface area contributed by atoms with E-state index in [1.165, 1.54) is 12.3 Å². The van der Waals surface area contributed by atoms with Gasteiger partial charge in [-0.1, -0.05) is 60.4 Å². The maximum atomic E-state index is 13.2. The normalized spacial score (nSPS) is 10.5. The van der Waals surface area contributed by atoms with Crippen molar-refractivity contribution >= 4 is 21.5 Å². The Morgan fingerprint density at radius 2 is 1.39 bits per heavy atom. The van der Waals surface area contributed by atoms with Crippen LogP contribution in [0.4, 0.5) is 4.39 Å². The van der Waals surface area contributed by atoms with Gasteiger partial charge in [-0.15, -0.1) is 0 Å². The fourth-order valence-corrected chi connectivity index (χ4v) is 2.76. The molecule has 0 atom stereocenters. The molecule has 1 nitrogen and oxygen atoms in total. The number of hydrogen-bond donors (Lipinski definition) is 0. The SMILES string of the molecule is Fc1cc(C#Cc2c3ccccc3cc3ccccc23)ccn1. The molecule has 2 heteroatoms. The van der Waals surface area contributed by atoms with E-state index in [2.05, 4.69) is 47.2 Å². The molecule has 1 heterocycles. The van der Waals surface area contributed by atoms with Crippen molar-refractivity contribution in [3.63, 3.8) is 0 Å². The van der Waals surface area contributed by atoms with Gasteiger partial charge in [0.15, 0.2) is 0 Å². The molecule has 0 aliphatic carbocycles. The highest BCUT2D eigenvalue weighted by Gasteiger charge is 2.05.